The van der Waals surface area contributed by atoms with Crippen LogP contribution in [0.4, 0.5) is 0 Å². The molecule has 0 bridgehead atoms. The first-order valence-electron chi connectivity index (χ1n) is 6.94. The molecular weight excluding hydrogens is 246 g/mol. The number of hydrogen-bond donors (Lipinski definition) is 2. The van der Waals surface area contributed by atoms with Gasteiger partial charge in [-0.3, -0.25) is 9.59 Å². The molecule has 110 valence electrons. The Morgan fingerprint density at radius 3 is 2.53 bits per heavy atom. The number of carboxylic acid groups (broad SMARTS) is 1. The number of carboxylic acids is 1. The van der Waals surface area contributed by atoms with Crippen LogP contribution >= 0.6 is 0 Å². The number of ether oxygens (including phenoxy) is 1. The zero-order chi connectivity index (χ0) is 14.5. The summed E-state index contributed by atoms with van der Waals surface area (Å²) in [7, 11) is 0. The molecule has 1 aliphatic rings. The SMILES string of the molecule is CC(C)C(C)(CC(=O)NCCOCC1CC1)C(=O)O. The van der Waals surface area contributed by atoms with Crippen LogP contribution in [0.1, 0.15) is 40.0 Å². The van der Waals surface area contributed by atoms with Gasteiger partial charge in [0.2, 0.25) is 5.91 Å². The molecule has 5 heteroatoms. The van der Waals surface area contributed by atoms with Gasteiger partial charge in [-0.2, -0.15) is 0 Å². The van der Waals surface area contributed by atoms with Crippen molar-refractivity contribution >= 4 is 11.9 Å². The summed E-state index contributed by atoms with van der Waals surface area (Å²) in [6, 6.07) is 0. The minimum absolute atomic E-state index is 0.00260. The monoisotopic (exact) mass is 271 g/mol. The van der Waals surface area contributed by atoms with Gasteiger partial charge in [0.15, 0.2) is 0 Å². The van der Waals surface area contributed by atoms with Crippen molar-refractivity contribution in [3.05, 3.63) is 0 Å². The summed E-state index contributed by atoms with van der Waals surface area (Å²) in [6.07, 6.45) is 2.50. The highest BCUT2D eigenvalue weighted by atomic mass is 16.5. The standard InChI is InChI=1S/C14H25NO4/c1-10(2)14(3,13(17)18)8-12(16)15-6-7-19-9-11-4-5-11/h10-11H,4-9H2,1-3H3,(H,15,16)(H,17,18). The first-order valence-corrected chi connectivity index (χ1v) is 6.94. The van der Waals surface area contributed by atoms with Gasteiger partial charge in [0.1, 0.15) is 0 Å². The maximum Gasteiger partial charge on any atom is 0.310 e. The van der Waals surface area contributed by atoms with Crippen molar-refractivity contribution in [3.8, 4) is 0 Å². The van der Waals surface area contributed by atoms with Crippen molar-refractivity contribution in [2.24, 2.45) is 17.3 Å². The van der Waals surface area contributed by atoms with Crippen LogP contribution in [0.15, 0.2) is 0 Å². The van der Waals surface area contributed by atoms with Crippen molar-refractivity contribution in [2.75, 3.05) is 19.8 Å². The second kappa shape index (κ2) is 6.89. The molecule has 19 heavy (non-hydrogen) atoms. The smallest absolute Gasteiger partial charge is 0.310 e. The van der Waals surface area contributed by atoms with Crippen molar-refractivity contribution in [1.82, 2.24) is 5.32 Å². The number of aliphatic carboxylic acids is 1. The third-order valence-corrected chi connectivity index (χ3v) is 3.91. The number of rotatable bonds is 9. The lowest BCUT2D eigenvalue weighted by Gasteiger charge is -2.28. The molecule has 1 rings (SSSR count). The van der Waals surface area contributed by atoms with E-state index in [-0.39, 0.29) is 18.2 Å². The molecule has 0 aromatic carbocycles. The molecule has 0 heterocycles. The minimum Gasteiger partial charge on any atom is -0.481 e. The summed E-state index contributed by atoms with van der Waals surface area (Å²) in [5.41, 5.74) is -1.01. The first kappa shape index (κ1) is 16.0. The van der Waals surface area contributed by atoms with Gasteiger partial charge in [-0.1, -0.05) is 13.8 Å². The maximum atomic E-state index is 11.7. The summed E-state index contributed by atoms with van der Waals surface area (Å²) in [5, 5.41) is 11.9. The van der Waals surface area contributed by atoms with Crippen LogP contribution in [0.5, 0.6) is 0 Å². The summed E-state index contributed by atoms with van der Waals surface area (Å²) in [5.74, 6) is -0.537. The molecule has 0 aromatic rings. The second-order valence-electron chi connectivity index (χ2n) is 5.92. The van der Waals surface area contributed by atoms with Gasteiger partial charge in [0.05, 0.1) is 12.0 Å². The molecule has 0 aliphatic heterocycles. The molecular formula is C14H25NO4. The number of hydrogen-bond acceptors (Lipinski definition) is 3. The predicted octanol–water partition coefficient (Wildman–Crippen LogP) is 1.67. The van der Waals surface area contributed by atoms with Gasteiger partial charge in [-0.25, -0.2) is 0 Å². The van der Waals surface area contributed by atoms with Crippen molar-refractivity contribution in [2.45, 2.75) is 40.0 Å². The van der Waals surface area contributed by atoms with E-state index in [1.807, 2.05) is 13.8 Å². The highest BCUT2D eigenvalue weighted by molar-refractivity contribution is 5.84. The molecule has 2 N–H and O–H groups in total. The molecule has 1 unspecified atom stereocenters. The molecule has 0 aromatic heterocycles. The zero-order valence-corrected chi connectivity index (χ0v) is 12.1. The number of amides is 1. The van der Waals surface area contributed by atoms with Crippen molar-refractivity contribution in [1.29, 1.82) is 0 Å². The second-order valence-corrected chi connectivity index (χ2v) is 5.92. The Kier molecular flexibility index (Phi) is 5.79. The van der Waals surface area contributed by atoms with Gasteiger partial charge < -0.3 is 15.2 Å². The Morgan fingerprint density at radius 1 is 1.42 bits per heavy atom. The highest BCUT2D eigenvalue weighted by Crippen LogP contribution is 2.31. The fourth-order valence-corrected chi connectivity index (χ4v) is 1.72. The van der Waals surface area contributed by atoms with E-state index < -0.39 is 11.4 Å². The van der Waals surface area contributed by atoms with Gasteiger partial charge in [-0.05, 0) is 31.6 Å². The first-order chi connectivity index (χ1) is 8.86. The summed E-state index contributed by atoms with van der Waals surface area (Å²) >= 11 is 0. The molecule has 0 spiro atoms. The Balaban J connectivity index is 2.22. The predicted molar refractivity (Wildman–Crippen MR) is 71.8 cm³/mol. The van der Waals surface area contributed by atoms with E-state index in [0.717, 1.165) is 6.61 Å². The lowest BCUT2D eigenvalue weighted by Crippen LogP contribution is -2.39. The van der Waals surface area contributed by atoms with Gasteiger partial charge in [0, 0.05) is 19.6 Å². The average Bonchev–Trinajstić information content (AvgIpc) is 3.11. The Bertz CT molecular complexity index is 325. The molecule has 1 aliphatic carbocycles. The van der Waals surface area contributed by atoms with E-state index >= 15 is 0 Å². The lowest BCUT2D eigenvalue weighted by atomic mass is 9.76. The Morgan fingerprint density at radius 2 is 2.05 bits per heavy atom. The van der Waals surface area contributed by atoms with Gasteiger partial charge in [-0.15, -0.1) is 0 Å². The topological polar surface area (TPSA) is 75.6 Å². The summed E-state index contributed by atoms with van der Waals surface area (Å²) in [4.78, 5) is 23.0. The van der Waals surface area contributed by atoms with E-state index in [1.165, 1.54) is 12.8 Å². The third-order valence-electron chi connectivity index (χ3n) is 3.91. The lowest BCUT2D eigenvalue weighted by molar-refractivity contribution is -0.153. The van der Waals surface area contributed by atoms with Crippen LogP contribution in [0.2, 0.25) is 0 Å². The van der Waals surface area contributed by atoms with Crippen molar-refractivity contribution < 1.29 is 19.4 Å². The molecule has 1 amide bonds. The van der Waals surface area contributed by atoms with E-state index in [0.29, 0.717) is 19.1 Å². The van der Waals surface area contributed by atoms with Crippen LogP contribution < -0.4 is 5.32 Å². The van der Waals surface area contributed by atoms with Crippen LogP contribution in [0.3, 0.4) is 0 Å². The molecule has 0 saturated heterocycles. The Hall–Kier alpha value is -1.10. The Labute approximate surface area is 114 Å². The molecule has 1 atom stereocenters. The minimum atomic E-state index is -1.01. The highest BCUT2D eigenvalue weighted by Gasteiger charge is 2.38. The van der Waals surface area contributed by atoms with Crippen LogP contribution in [-0.4, -0.2) is 36.7 Å². The summed E-state index contributed by atoms with van der Waals surface area (Å²) < 4.78 is 5.40. The largest absolute Gasteiger partial charge is 0.481 e. The van der Waals surface area contributed by atoms with E-state index in [9.17, 15) is 14.7 Å². The number of nitrogens with one attached hydrogen (secondary N) is 1. The van der Waals surface area contributed by atoms with Crippen LogP contribution in [-0.2, 0) is 14.3 Å². The molecule has 1 saturated carbocycles. The number of carbonyl (C=O) groups is 2. The fraction of sp³-hybridized carbons (Fsp3) is 0.857. The molecule has 1 fully saturated rings. The zero-order valence-electron chi connectivity index (χ0n) is 12.1. The van der Waals surface area contributed by atoms with Crippen LogP contribution in [0.25, 0.3) is 0 Å². The van der Waals surface area contributed by atoms with Gasteiger partial charge in [0.25, 0.3) is 0 Å². The van der Waals surface area contributed by atoms with E-state index in [1.54, 1.807) is 6.92 Å². The molecule has 5 nitrogen and oxygen atoms in total. The van der Waals surface area contributed by atoms with Crippen molar-refractivity contribution in [3.63, 3.8) is 0 Å². The maximum absolute atomic E-state index is 11.7. The van der Waals surface area contributed by atoms with Crippen LogP contribution in [0, 0.1) is 17.3 Å². The fourth-order valence-electron chi connectivity index (χ4n) is 1.72. The normalized spacial score (nSPS) is 18.1. The third kappa shape index (κ3) is 5.19. The molecule has 0 radical (unpaired) electrons. The average molecular weight is 271 g/mol. The number of carbonyl (C=O) groups excluding carboxylic acids is 1. The van der Waals surface area contributed by atoms with Gasteiger partial charge >= 0.3 is 5.97 Å². The quantitative estimate of drug-likeness (QED) is 0.625. The summed E-state index contributed by atoms with van der Waals surface area (Å²) in [6.45, 7) is 6.96. The van der Waals surface area contributed by atoms with E-state index in [4.69, 9.17) is 4.74 Å². The van der Waals surface area contributed by atoms with E-state index in [2.05, 4.69) is 5.32 Å².